The molecule has 186 valence electrons. The van der Waals surface area contributed by atoms with Crippen LogP contribution in [-0.4, -0.2) is 42.1 Å². The molecule has 11 heteroatoms. The van der Waals surface area contributed by atoms with Gasteiger partial charge in [-0.15, -0.1) is 0 Å². The normalized spacial score (nSPS) is 17.2. The average molecular weight is 540 g/mol. The lowest BCUT2D eigenvalue weighted by Crippen LogP contribution is -2.47. The van der Waals surface area contributed by atoms with Gasteiger partial charge in [0.2, 0.25) is 0 Å². The standard InChI is InChI=1S/C24H24Cl2FN3O4S/c1-4-29-13-22(24(26)28-29)35(32,33)30-12-21(15(3)31)34-20-9-8-16(11-19(20)30)10-14(2)23-17(25)6-5-7-18(23)27/h5-11,13,15,21,31H,4,12H2,1-3H3/b14-10+/t15-,21-/m1/s1. The van der Waals surface area contributed by atoms with E-state index in [9.17, 15) is 17.9 Å². The number of halogens is 3. The number of sulfonamides is 1. The Morgan fingerprint density at radius 1 is 1.34 bits per heavy atom. The van der Waals surface area contributed by atoms with Crippen molar-refractivity contribution in [1.29, 1.82) is 0 Å². The molecule has 1 N–H and O–H groups in total. The Bertz CT molecular complexity index is 1390. The number of aliphatic hydroxyl groups is 1. The Kier molecular flexibility index (Phi) is 7.15. The highest BCUT2D eigenvalue weighted by molar-refractivity contribution is 7.93. The van der Waals surface area contributed by atoms with E-state index in [2.05, 4.69) is 5.10 Å². The number of aryl methyl sites for hydroxylation is 1. The second kappa shape index (κ2) is 9.81. The zero-order valence-electron chi connectivity index (χ0n) is 19.2. The lowest BCUT2D eigenvalue weighted by Gasteiger charge is -2.36. The van der Waals surface area contributed by atoms with Crippen LogP contribution in [0.15, 0.2) is 47.5 Å². The predicted octanol–water partition coefficient (Wildman–Crippen LogP) is 5.25. The lowest BCUT2D eigenvalue weighted by molar-refractivity contribution is 0.0503. The summed E-state index contributed by atoms with van der Waals surface area (Å²) < 4.78 is 50.2. The Hall–Kier alpha value is -2.59. The number of nitrogens with zero attached hydrogens (tertiary/aromatic N) is 3. The molecule has 0 unspecified atom stereocenters. The molecule has 3 aromatic rings. The molecule has 1 aliphatic heterocycles. The summed E-state index contributed by atoms with van der Waals surface area (Å²) in [4.78, 5) is -0.145. The van der Waals surface area contributed by atoms with Crippen molar-refractivity contribution in [2.24, 2.45) is 0 Å². The molecule has 4 rings (SSSR count). The number of hydrogen-bond acceptors (Lipinski definition) is 5. The first kappa shape index (κ1) is 25.5. The molecule has 0 saturated heterocycles. The number of ether oxygens (including phenoxy) is 1. The van der Waals surface area contributed by atoms with Crippen molar-refractivity contribution in [2.45, 2.75) is 44.4 Å². The van der Waals surface area contributed by atoms with E-state index in [1.54, 1.807) is 37.3 Å². The van der Waals surface area contributed by atoms with E-state index >= 15 is 0 Å². The lowest BCUT2D eigenvalue weighted by atomic mass is 10.0. The third-order valence-corrected chi connectivity index (χ3v) is 8.22. The summed E-state index contributed by atoms with van der Waals surface area (Å²) in [5, 5.41) is 14.3. The fourth-order valence-corrected chi connectivity index (χ4v) is 6.13. The summed E-state index contributed by atoms with van der Waals surface area (Å²) in [5.74, 6) is -0.178. The smallest absolute Gasteiger partial charge is 0.269 e. The van der Waals surface area contributed by atoms with Crippen molar-refractivity contribution < 1.29 is 22.7 Å². The van der Waals surface area contributed by atoms with Gasteiger partial charge in [0.25, 0.3) is 10.0 Å². The fourth-order valence-electron chi connectivity index (χ4n) is 3.89. The van der Waals surface area contributed by atoms with Gasteiger partial charge in [0.1, 0.15) is 22.6 Å². The molecule has 0 saturated carbocycles. The zero-order valence-corrected chi connectivity index (χ0v) is 21.6. The Morgan fingerprint density at radius 2 is 2.09 bits per heavy atom. The van der Waals surface area contributed by atoms with Crippen LogP contribution in [0, 0.1) is 5.82 Å². The highest BCUT2D eigenvalue weighted by Crippen LogP contribution is 2.40. The van der Waals surface area contributed by atoms with Gasteiger partial charge in [0.15, 0.2) is 5.15 Å². The van der Waals surface area contributed by atoms with Crippen molar-refractivity contribution in [3.63, 3.8) is 0 Å². The van der Waals surface area contributed by atoms with E-state index in [1.165, 1.54) is 29.9 Å². The predicted molar refractivity (Wildman–Crippen MR) is 135 cm³/mol. The van der Waals surface area contributed by atoms with Crippen LogP contribution in [0.4, 0.5) is 10.1 Å². The maximum Gasteiger partial charge on any atom is 0.269 e. The van der Waals surface area contributed by atoms with Crippen LogP contribution in [0.2, 0.25) is 10.2 Å². The zero-order chi connectivity index (χ0) is 25.5. The summed E-state index contributed by atoms with van der Waals surface area (Å²) >= 11 is 12.4. The van der Waals surface area contributed by atoms with E-state index in [0.29, 0.717) is 17.7 Å². The number of aliphatic hydroxyl groups excluding tert-OH is 1. The maximum absolute atomic E-state index is 14.4. The van der Waals surface area contributed by atoms with Gasteiger partial charge in [-0.05, 0) is 56.2 Å². The van der Waals surface area contributed by atoms with Gasteiger partial charge in [0, 0.05) is 18.3 Å². The summed E-state index contributed by atoms with van der Waals surface area (Å²) in [7, 11) is -4.15. The van der Waals surface area contributed by atoms with Crippen molar-refractivity contribution in [3.05, 3.63) is 69.7 Å². The number of anilines is 1. The molecule has 0 spiro atoms. The van der Waals surface area contributed by atoms with Crippen molar-refractivity contribution in [2.75, 3.05) is 10.8 Å². The third kappa shape index (κ3) is 4.91. The van der Waals surface area contributed by atoms with Gasteiger partial charge < -0.3 is 9.84 Å². The Labute approximate surface area is 213 Å². The Morgan fingerprint density at radius 3 is 2.71 bits per heavy atom. The van der Waals surface area contributed by atoms with Crippen molar-refractivity contribution in [3.8, 4) is 5.75 Å². The number of fused-ring (bicyclic) bond motifs is 1. The van der Waals surface area contributed by atoms with Gasteiger partial charge in [-0.25, -0.2) is 12.8 Å². The minimum atomic E-state index is -4.15. The SMILES string of the molecule is CCn1cc(S(=O)(=O)N2C[C@H]([C@@H](C)O)Oc3ccc(/C=C(\C)c4c(F)cccc4Cl)cc32)c(Cl)n1. The molecule has 0 radical (unpaired) electrons. The van der Waals surface area contributed by atoms with E-state index in [-0.39, 0.29) is 38.6 Å². The number of hydrogen-bond donors (Lipinski definition) is 1. The van der Waals surface area contributed by atoms with Gasteiger partial charge in [-0.3, -0.25) is 8.99 Å². The third-order valence-electron chi connectivity index (χ3n) is 5.73. The number of benzene rings is 2. The second-order valence-corrected chi connectivity index (χ2v) is 10.8. The van der Waals surface area contributed by atoms with Crippen LogP contribution in [0.25, 0.3) is 11.6 Å². The summed E-state index contributed by atoms with van der Waals surface area (Å²) in [6.07, 6.45) is 1.36. The Balaban J connectivity index is 1.82. The van der Waals surface area contributed by atoms with E-state index < -0.39 is 28.0 Å². The fraction of sp³-hybridized carbons (Fsp3) is 0.292. The number of rotatable bonds is 6. The molecule has 7 nitrogen and oxygen atoms in total. The van der Waals surface area contributed by atoms with E-state index in [0.717, 1.165) is 4.31 Å². The molecule has 2 atom stereocenters. The molecular formula is C24H24Cl2FN3O4S. The maximum atomic E-state index is 14.4. The van der Waals surface area contributed by atoms with Crippen molar-refractivity contribution >= 4 is 50.6 Å². The summed E-state index contributed by atoms with van der Waals surface area (Å²) in [6.45, 7) is 5.37. The van der Waals surface area contributed by atoms with Crippen LogP contribution in [0.1, 0.15) is 31.9 Å². The van der Waals surface area contributed by atoms with Crippen LogP contribution in [0.5, 0.6) is 5.75 Å². The number of allylic oxidation sites excluding steroid dienone is 1. The largest absolute Gasteiger partial charge is 0.484 e. The first-order valence-electron chi connectivity index (χ1n) is 10.9. The number of aromatic nitrogens is 2. The average Bonchev–Trinajstić information content (AvgIpc) is 3.19. The van der Waals surface area contributed by atoms with E-state index in [1.807, 2.05) is 6.92 Å². The summed E-state index contributed by atoms with van der Waals surface area (Å²) in [6, 6.07) is 9.41. The molecule has 35 heavy (non-hydrogen) atoms. The van der Waals surface area contributed by atoms with Gasteiger partial charge >= 0.3 is 0 Å². The highest BCUT2D eigenvalue weighted by Gasteiger charge is 2.38. The first-order valence-corrected chi connectivity index (χ1v) is 13.1. The summed E-state index contributed by atoms with van der Waals surface area (Å²) in [5.41, 5.74) is 1.70. The van der Waals surface area contributed by atoms with Crippen LogP contribution < -0.4 is 9.04 Å². The van der Waals surface area contributed by atoms with Crippen LogP contribution >= 0.6 is 23.2 Å². The molecule has 1 aromatic heterocycles. The molecule has 2 aromatic carbocycles. The van der Waals surface area contributed by atoms with E-state index in [4.69, 9.17) is 27.9 Å². The highest BCUT2D eigenvalue weighted by atomic mass is 35.5. The monoisotopic (exact) mass is 539 g/mol. The van der Waals surface area contributed by atoms with Crippen LogP contribution in [-0.2, 0) is 16.6 Å². The molecule has 0 fully saturated rings. The molecule has 0 bridgehead atoms. The van der Waals surface area contributed by atoms with Crippen LogP contribution in [0.3, 0.4) is 0 Å². The molecule has 1 aliphatic rings. The molecule has 0 amide bonds. The molecule has 2 heterocycles. The van der Waals surface area contributed by atoms with Gasteiger partial charge in [-0.1, -0.05) is 41.4 Å². The van der Waals surface area contributed by atoms with Crippen molar-refractivity contribution in [1.82, 2.24) is 9.78 Å². The minimum Gasteiger partial charge on any atom is -0.484 e. The quantitative estimate of drug-likeness (QED) is 0.432. The van der Waals surface area contributed by atoms with Gasteiger partial charge in [0.05, 0.1) is 23.4 Å². The molecular weight excluding hydrogens is 516 g/mol. The minimum absolute atomic E-state index is 0.133. The topological polar surface area (TPSA) is 84.7 Å². The molecule has 0 aliphatic carbocycles. The second-order valence-electron chi connectivity index (χ2n) is 8.22. The van der Waals surface area contributed by atoms with Gasteiger partial charge in [-0.2, -0.15) is 5.10 Å². The first-order chi connectivity index (χ1) is 16.5.